The first-order chi connectivity index (χ1) is 15.0. The second-order valence-corrected chi connectivity index (χ2v) is 7.25. The number of nitrogens with zero attached hydrogens (tertiary/aromatic N) is 2. The molecule has 0 unspecified atom stereocenters. The Bertz CT molecular complexity index is 949. The summed E-state index contributed by atoms with van der Waals surface area (Å²) in [5.74, 6) is 0.0758. The van der Waals surface area contributed by atoms with Crippen LogP contribution in [-0.2, 0) is 9.53 Å². The van der Waals surface area contributed by atoms with Crippen molar-refractivity contribution in [2.24, 2.45) is 0 Å². The van der Waals surface area contributed by atoms with Crippen molar-refractivity contribution in [3.63, 3.8) is 0 Å². The van der Waals surface area contributed by atoms with Crippen LogP contribution in [0.4, 0.5) is 4.79 Å². The number of benzene rings is 2. The maximum Gasteiger partial charge on any atom is 0.513 e. The van der Waals surface area contributed by atoms with E-state index >= 15 is 0 Å². The van der Waals surface area contributed by atoms with Gasteiger partial charge in [-0.1, -0.05) is 23.7 Å². The fourth-order valence-corrected chi connectivity index (χ4v) is 3.19. The quantitative estimate of drug-likeness (QED) is 0.399. The van der Waals surface area contributed by atoms with Crippen LogP contribution in [0.3, 0.4) is 0 Å². The van der Waals surface area contributed by atoms with Gasteiger partial charge in [-0.2, -0.15) is 0 Å². The molecule has 0 spiro atoms. The molecule has 0 atom stereocenters. The standard InChI is InChI=1S/C23H23ClN2O5/c1-2-30-23(29)31-20-10-6-18(7-11-20)22(28)26-15-13-25(14-16-26)21(27)12-5-17-3-8-19(24)9-4-17/h3-12H,2,13-16H2,1H3/b12-5+. The zero-order chi connectivity index (χ0) is 22.2. The van der Waals surface area contributed by atoms with E-state index in [2.05, 4.69) is 0 Å². The van der Waals surface area contributed by atoms with Crippen LogP contribution in [0.1, 0.15) is 22.8 Å². The average molecular weight is 443 g/mol. The van der Waals surface area contributed by atoms with E-state index in [0.29, 0.717) is 42.5 Å². The van der Waals surface area contributed by atoms with Crippen molar-refractivity contribution in [2.45, 2.75) is 6.92 Å². The Balaban J connectivity index is 1.50. The molecule has 162 valence electrons. The molecule has 1 heterocycles. The van der Waals surface area contributed by atoms with Gasteiger partial charge in [-0.3, -0.25) is 9.59 Å². The van der Waals surface area contributed by atoms with Crippen LogP contribution in [0.5, 0.6) is 5.75 Å². The normalized spacial score (nSPS) is 13.9. The van der Waals surface area contributed by atoms with E-state index in [1.807, 2.05) is 12.1 Å². The highest BCUT2D eigenvalue weighted by molar-refractivity contribution is 6.30. The lowest BCUT2D eigenvalue weighted by atomic mass is 10.1. The summed E-state index contributed by atoms with van der Waals surface area (Å²) >= 11 is 5.86. The summed E-state index contributed by atoms with van der Waals surface area (Å²) in [6, 6.07) is 13.5. The summed E-state index contributed by atoms with van der Waals surface area (Å²) in [5.41, 5.74) is 1.38. The maximum absolute atomic E-state index is 12.7. The molecule has 8 heteroatoms. The fourth-order valence-electron chi connectivity index (χ4n) is 3.07. The Morgan fingerprint density at radius 1 is 0.935 bits per heavy atom. The lowest BCUT2D eigenvalue weighted by Crippen LogP contribution is -2.50. The second kappa shape index (κ2) is 10.6. The molecule has 1 aliphatic heterocycles. The van der Waals surface area contributed by atoms with E-state index in [9.17, 15) is 14.4 Å². The van der Waals surface area contributed by atoms with Crippen LogP contribution in [0.15, 0.2) is 54.6 Å². The lowest BCUT2D eigenvalue weighted by molar-refractivity contribution is -0.127. The monoisotopic (exact) mass is 442 g/mol. The van der Waals surface area contributed by atoms with Gasteiger partial charge in [0.25, 0.3) is 5.91 Å². The van der Waals surface area contributed by atoms with Crippen LogP contribution in [0, 0.1) is 0 Å². The number of hydrogen-bond acceptors (Lipinski definition) is 5. The number of halogens is 1. The van der Waals surface area contributed by atoms with Gasteiger partial charge in [-0.25, -0.2) is 4.79 Å². The third-order valence-electron chi connectivity index (χ3n) is 4.73. The Labute approximate surface area is 185 Å². The van der Waals surface area contributed by atoms with Crippen molar-refractivity contribution < 1.29 is 23.9 Å². The fraction of sp³-hybridized carbons (Fsp3) is 0.261. The molecule has 2 aromatic carbocycles. The van der Waals surface area contributed by atoms with E-state index in [4.69, 9.17) is 21.1 Å². The molecule has 31 heavy (non-hydrogen) atoms. The van der Waals surface area contributed by atoms with Crippen molar-refractivity contribution in [1.29, 1.82) is 0 Å². The number of carbonyl (C=O) groups is 3. The summed E-state index contributed by atoms with van der Waals surface area (Å²) < 4.78 is 9.71. The zero-order valence-electron chi connectivity index (χ0n) is 17.1. The number of ether oxygens (including phenoxy) is 2. The van der Waals surface area contributed by atoms with Crippen molar-refractivity contribution in [1.82, 2.24) is 9.80 Å². The molecule has 0 aliphatic carbocycles. The number of carbonyl (C=O) groups excluding carboxylic acids is 3. The predicted octanol–water partition coefficient (Wildman–Crippen LogP) is 3.87. The highest BCUT2D eigenvalue weighted by atomic mass is 35.5. The topological polar surface area (TPSA) is 76.2 Å². The Hall–Kier alpha value is -3.32. The third kappa shape index (κ3) is 6.33. The number of amides is 2. The molecule has 0 aromatic heterocycles. The van der Waals surface area contributed by atoms with Gasteiger partial charge >= 0.3 is 6.16 Å². The van der Waals surface area contributed by atoms with Gasteiger partial charge in [0.1, 0.15) is 5.75 Å². The average Bonchev–Trinajstić information content (AvgIpc) is 2.79. The van der Waals surface area contributed by atoms with Gasteiger partial charge in [0.05, 0.1) is 6.61 Å². The van der Waals surface area contributed by atoms with Crippen molar-refractivity contribution in [3.05, 3.63) is 70.8 Å². The van der Waals surface area contributed by atoms with Gasteiger partial charge in [-0.15, -0.1) is 0 Å². The van der Waals surface area contributed by atoms with Crippen LogP contribution in [-0.4, -0.2) is 60.6 Å². The SMILES string of the molecule is CCOC(=O)Oc1ccc(C(=O)N2CCN(C(=O)/C=C/c3ccc(Cl)cc3)CC2)cc1. The molecule has 0 radical (unpaired) electrons. The van der Waals surface area contributed by atoms with Crippen LogP contribution in [0.2, 0.25) is 5.02 Å². The van der Waals surface area contributed by atoms with E-state index in [0.717, 1.165) is 5.56 Å². The minimum Gasteiger partial charge on any atom is -0.434 e. The van der Waals surface area contributed by atoms with Gasteiger partial charge in [0, 0.05) is 42.8 Å². The summed E-state index contributed by atoms with van der Waals surface area (Å²) in [4.78, 5) is 39.9. The summed E-state index contributed by atoms with van der Waals surface area (Å²) in [6.07, 6.45) is 2.49. The van der Waals surface area contributed by atoms with E-state index in [1.165, 1.54) is 6.08 Å². The summed E-state index contributed by atoms with van der Waals surface area (Å²) in [5, 5.41) is 0.644. The van der Waals surface area contributed by atoms with Crippen LogP contribution >= 0.6 is 11.6 Å². The molecular formula is C23H23ClN2O5. The number of piperazine rings is 1. The molecule has 1 saturated heterocycles. The first kappa shape index (κ1) is 22.4. The minimum atomic E-state index is -0.785. The Morgan fingerprint density at radius 2 is 1.55 bits per heavy atom. The summed E-state index contributed by atoms with van der Waals surface area (Å²) in [6.45, 7) is 3.72. The Kier molecular flexibility index (Phi) is 7.67. The van der Waals surface area contributed by atoms with Gasteiger partial charge in [0.2, 0.25) is 5.91 Å². The van der Waals surface area contributed by atoms with Crippen molar-refractivity contribution in [2.75, 3.05) is 32.8 Å². The lowest BCUT2D eigenvalue weighted by Gasteiger charge is -2.34. The molecule has 2 aromatic rings. The molecule has 1 aliphatic rings. The van der Waals surface area contributed by atoms with E-state index < -0.39 is 6.16 Å². The smallest absolute Gasteiger partial charge is 0.434 e. The zero-order valence-corrected chi connectivity index (χ0v) is 17.9. The first-order valence-electron chi connectivity index (χ1n) is 9.93. The van der Waals surface area contributed by atoms with Crippen molar-refractivity contribution in [3.8, 4) is 5.75 Å². The highest BCUT2D eigenvalue weighted by Crippen LogP contribution is 2.16. The summed E-state index contributed by atoms with van der Waals surface area (Å²) in [7, 11) is 0. The molecule has 2 amide bonds. The molecular weight excluding hydrogens is 420 g/mol. The molecule has 0 bridgehead atoms. The molecule has 0 N–H and O–H groups in total. The maximum atomic E-state index is 12.7. The predicted molar refractivity (Wildman–Crippen MR) is 117 cm³/mol. The van der Waals surface area contributed by atoms with E-state index in [1.54, 1.807) is 59.2 Å². The van der Waals surface area contributed by atoms with Crippen LogP contribution in [0.25, 0.3) is 6.08 Å². The van der Waals surface area contributed by atoms with E-state index in [-0.39, 0.29) is 18.4 Å². The largest absolute Gasteiger partial charge is 0.513 e. The highest BCUT2D eigenvalue weighted by Gasteiger charge is 2.24. The number of rotatable bonds is 5. The first-order valence-corrected chi connectivity index (χ1v) is 10.3. The second-order valence-electron chi connectivity index (χ2n) is 6.81. The number of hydrogen-bond donors (Lipinski definition) is 0. The van der Waals surface area contributed by atoms with Gasteiger partial charge in [-0.05, 0) is 55.0 Å². The Morgan fingerprint density at radius 3 is 2.16 bits per heavy atom. The minimum absolute atomic E-state index is 0.0949. The van der Waals surface area contributed by atoms with Gasteiger partial charge in [0.15, 0.2) is 0 Å². The molecule has 3 rings (SSSR count). The van der Waals surface area contributed by atoms with Gasteiger partial charge < -0.3 is 19.3 Å². The molecule has 1 fully saturated rings. The van der Waals surface area contributed by atoms with Crippen molar-refractivity contribution >= 4 is 35.6 Å². The molecule has 7 nitrogen and oxygen atoms in total. The molecule has 0 saturated carbocycles. The van der Waals surface area contributed by atoms with Crippen LogP contribution < -0.4 is 4.74 Å². The third-order valence-corrected chi connectivity index (χ3v) is 4.98.